The maximum Gasteiger partial charge on any atom is 0.350 e. The predicted octanol–water partition coefficient (Wildman–Crippen LogP) is 2.69. The molecule has 1 fully saturated rings. The Morgan fingerprint density at radius 2 is 2.00 bits per heavy atom. The van der Waals surface area contributed by atoms with Crippen LogP contribution >= 0.6 is 0 Å². The number of piperidine rings is 1. The van der Waals surface area contributed by atoms with Crippen LogP contribution < -0.4 is 0 Å². The Balaban J connectivity index is 2.06. The Labute approximate surface area is 161 Å². The fraction of sp³-hybridized carbons (Fsp3) is 0.619. The van der Waals surface area contributed by atoms with Gasteiger partial charge in [0.05, 0.1) is 6.61 Å². The van der Waals surface area contributed by atoms with Crippen LogP contribution in [-0.4, -0.2) is 52.3 Å². The van der Waals surface area contributed by atoms with Gasteiger partial charge in [0.1, 0.15) is 0 Å². The molecule has 0 saturated carbocycles. The summed E-state index contributed by atoms with van der Waals surface area (Å²) in [5.41, 5.74) is -1.22. The van der Waals surface area contributed by atoms with E-state index >= 15 is 0 Å². The molecule has 150 valence electrons. The highest BCUT2D eigenvalue weighted by molar-refractivity contribution is 6.02. The third-order valence-electron chi connectivity index (χ3n) is 5.51. The fourth-order valence-electron chi connectivity index (χ4n) is 3.99. The second kappa shape index (κ2) is 9.85. The Morgan fingerprint density at radius 3 is 2.59 bits per heavy atom. The summed E-state index contributed by atoms with van der Waals surface area (Å²) in [6, 6.07) is 10.3. The number of benzene rings is 1. The number of esters is 1. The van der Waals surface area contributed by atoms with Crippen LogP contribution in [0.2, 0.25) is 0 Å². The number of carbonyl (C=O) groups is 2. The number of carboxylic acid groups (broad SMARTS) is 1. The molecule has 2 rings (SSSR count). The maximum atomic E-state index is 12.1. The smallest absolute Gasteiger partial charge is 0.350 e. The topological polar surface area (TPSA) is 87.1 Å². The number of aliphatic hydroxyl groups is 1. The van der Waals surface area contributed by atoms with Crippen molar-refractivity contribution in [2.24, 2.45) is 11.8 Å². The lowest BCUT2D eigenvalue weighted by molar-refractivity contribution is -0.182. The van der Waals surface area contributed by atoms with E-state index in [4.69, 9.17) is 4.74 Å². The van der Waals surface area contributed by atoms with E-state index in [1.807, 2.05) is 25.1 Å². The van der Waals surface area contributed by atoms with E-state index in [-0.39, 0.29) is 24.9 Å². The second-order valence-electron chi connectivity index (χ2n) is 7.38. The van der Waals surface area contributed by atoms with E-state index in [1.54, 1.807) is 6.92 Å². The largest absolute Gasteiger partial charge is 0.479 e. The number of likely N-dealkylation sites (tertiary alicyclic amines) is 1. The van der Waals surface area contributed by atoms with Gasteiger partial charge in [-0.3, -0.25) is 4.90 Å². The molecule has 0 bridgehead atoms. The van der Waals surface area contributed by atoms with Gasteiger partial charge in [0, 0.05) is 19.5 Å². The highest BCUT2D eigenvalue weighted by atomic mass is 16.6. The fourth-order valence-corrected chi connectivity index (χ4v) is 3.99. The molecule has 0 amide bonds. The number of hydrogen-bond donors (Lipinski definition) is 2. The van der Waals surface area contributed by atoms with Gasteiger partial charge in [-0.25, -0.2) is 9.59 Å². The standard InChI is InChI=1S/C21H31NO5/c1-3-17(13-21(26,19(23)24)20(25)27-4-2)18-11-8-12-22(15-18)14-16-9-6-5-7-10-16/h5-7,9-10,17-18,26H,3-4,8,11-15H2,1-2H3,(H,23,24). The van der Waals surface area contributed by atoms with Gasteiger partial charge in [-0.05, 0) is 43.7 Å². The molecule has 0 aromatic heterocycles. The first-order valence-corrected chi connectivity index (χ1v) is 9.80. The first-order valence-electron chi connectivity index (χ1n) is 9.80. The van der Waals surface area contributed by atoms with Crippen molar-refractivity contribution < 1.29 is 24.5 Å². The summed E-state index contributed by atoms with van der Waals surface area (Å²) in [6.07, 6.45) is 2.60. The second-order valence-corrected chi connectivity index (χ2v) is 7.38. The Bertz CT molecular complexity index is 620. The predicted molar refractivity (Wildman–Crippen MR) is 102 cm³/mol. The number of ether oxygens (including phenoxy) is 1. The highest BCUT2D eigenvalue weighted by Crippen LogP contribution is 2.33. The summed E-state index contributed by atoms with van der Waals surface area (Å²) in [4.78, 5) is 26.1. The van der Waals surface area contributed by atoms with Crippen molar-refractivity contribution in [1.29, 1.82) is 0 Å². The average Bonchev–Trinajstić information content (AvgIpc) is 2.67. The van der Waals surface area contributed by atoms with Gasteiger partial charge in [-0.2, -0.15) is 0 Å². The first-order chi connectivity index (χ1) is 12.9. The van der Waals surface area contributed by atoms with Gasteiger partial charge in [0.2, 0.25) is 0 Å². The van der Waals surface area contributed by atoms with Crippen LogP contribution in [0.1, 0.15) is 45.1 Å². The van der Waals surface area contributed by atoms with E-state index in [0.29, 0.717) is 6.42 Å². The van der Waals surface area contributed by atoms with E-state index in [2.05, 4.69) is 17.0 Å². The van der Waals surface area contributed by atoms with Crippen molar-refractivity contribution in [3.63, 3.8) is 0 Å². The van der Waals surface area contributed by atoms with Crippen molar-refractivity contribution in [2.75, 3.05) is 19.7 Å². The van der Waals surface area contributed by atoms with E-state index in [0.717, 1.165) is 32.5 Å². The molecule has 1 heterocycles. The summed E-state index contributed by atoms with van der Waals surface area (Å²) in [7, 11) is 0. The lowest BCUT2D eigenvalue weighted by Gasteiger charge is -2.38. The number of carboxylic acids is 1. The molecule has 0 spiro atoms. The lowest BCUT2D eigenvalue weighted by Crippen LogP contribution is -2.50. The summed E-state index contributed by atoms with van der Waals surface area (Å²) < 4.78 is 4.82. The highest BCUT2D eigenvalue weighted by Gasteiger charge is 2.48. The minimum absolute atomic E-state index is 0.0412. The van der Waals surface area contributed by atoms with Crippen LogP contribution in [0.25, 0.3) is 0 Å². The Kier molecular flexibility index (Phi) is 7.80. The van der Waals surface area contributed by atoms with Crippen LogP contribution in [0.5, 0.6) is 0 Å². The zero-order valence-electron chi connectivity index (χ0n) is 16.3. The molecule has 6 nitrogen and oxygen atoms in total. The summed E-state index contributed by atoms with van der Waals surface area (Å²) in [5.74, 6) is -2.41. The number of hydrogen-bond acceptors (Lipinski definition) is 5. The van der Waals surface area contributed by atoms with Crippen LogP contribution in [0.15, 0.2) is 30.3 Å². The average molecular weight is 377 g/mol. The molecule has 1 saturated heterocycles. The summed E-state index contributed by atoms with van der Waals surface area (Å²) in [6.45, 7) is 6.32. The molecule has 1 aliphatic rings. The molecule has 2 N–H and O–H groups in total. The molecule has 1 aromatic carbocycles. The van der Waals surface area contributed by atoms with Crippen molar-refractivity contribution in [2.45, 2.75) is 51.7 Å². The minimum atomic E-state index is -2.47. The number of aliphatic carboxylic acids is 1. The molecule has 1 aliphatic heterocycles. The van der Waals surface area contributed by atoms with Gasteiger partial charge in [-0.1, -0.05) is 43.7 Å². The van der Waals surface area contributed by atoms with Gasteiger partial charge < -0.3 is 14.9 Å². The van der Waals surface area contributed by atoms with Crippen molar-refractivity contribution in [1.82, 2.24) is 4.90 Å². The van der Waals surface area contributed by atoms with Gasteiger partial charge in [-0.15, -0.1) is 0 Å². The van der Waals surface area contributed by atoms with Crippen LogP contribution in [0.3, 0.4) is 0 Å². The molecule has 3 unspecified atom stereocenters. The van der Waals surface area contributed by atoms with Crippen LogP contribution in [-0.2, 0) is 20.9 Å². The van der Waals surface area contributed by atoms with E-state index < -0.39 is 17.5 Å². The molecular weight excluding hydrogens is 346 g/mol. The van der Waals surface area contributed by atoms with Gasteiger partial charge in [0.25, 0.3) is 5.60 Å². The maximum absolute atomic E-state index is 12.1. The van der Waals surface area contributed by atoms with Crippen molar-refractivity contribution >= 4 is 11.9 Å². The zero-order valence-corrected chi connectivity index (χ0v) is 16.3. The molecular formula is C21H31NO5. The minimum Gasteiger partial charge on any atom is -0.479 e. The number of nitrogens with zero attached hydrogens (tertiary/aromatic N) is 1. The molecule has 0 radical (unpaired) electrons. The zero-order chi connectivity index (χ0) is 19.9. The SMILES string of the molecule is CCOC(=O)C(O)(CC(CC)C1CCCN(Cc2ccccc2)C1)C(=O)O. The quantitative estimate of drug-likeness (QED) is 0.508. The number of carbonyl (C=O) groups excluding carboxylic acids is 1. The summed E-state index contributed by atoms with van der Waals surface area (Å²) in [5, 5.41) is 20.0. The van der Waals surface area contributed by atoms with Crippen molar-refractivity contribution in [3.8, 4) is 0 Å². The monoisotopic (exact) mass is 377 g/mol. The van der Waals surface area contributed by atoms with Crippen molar-refractivity contribution in [3.05, 3.63) is 35.9 Å². The lowest BCUT2D eigenvalue weighted by atomic mass is 9.77. The van der Waals surface area contributed by atoms with Crippen LogP contribution in [0, 0.1) is 11.8 Å². The first kappa shape index (κ1) is 21.4. The van der Waals surface area contributed by atoms with E-state index in [9.17, 15) is 19.8 Å². The molecule has 3 atom stereocenters. The third-order valence-corrected chi connectivity index (χ3v) is 5.51. The molecule has 0 aliphatic carbocycles. The molecule has 1 aromatic rings. The number of rotatable bonds is 9. The molecule has 27 heavy (non-hydrogen) atoms. The van der Waals surface area contributed by atoms with Crippen LogP contribution in [0.4, 0.5) is 0 Å². The van der Waals surface area contributed by atoms with Gasteiger partial charge in [0.15, 0.2) is 0 Å². The molecule has 6 heteroatoms. The van der Waals surface area contributed by atoms with Gasteiger partial charge >= 0.3 is 11.9 Å². The normalized spacial score (nSPS) is 21.2. The summed E-state index contributed by atoms with van der Waals surface area (Å²) >= 11 is 0. The van der Waals surface area contributed by atoms with E-state index in [1.165, 1.54) is 5.56 Å². The third kappa shape index (κ3) is 5.53. The Morgan fingerprint density at radius 1 is 1.30 bits per heavy atom. The Hall–Kier alpha value is -1.92.